The van der Waals surface area contributed by atoms with Gasteiger partial charge >= 0.3 is 0 Å². The van der Waals surface area contributed by atoms with Crippen molar-refractivity contribution in [3.8, 4) is 0 Å². The lowest BCUT2D eigenvalue weighted by Crippen LogP contribution is -2.52. The zero-order valence-corrected chi connectivity index (χ0v) is 12.2. The summed E-state index contributed by atoms with van der Waals surface area (Å²) in [5, 5.41) is 0. The van der Waals surface area contributed by atoms with Gasteiger partial charge in [-0.2, -0.15) is 0 Å². The first kappa shape index (κ1) is 13.4. The van der Waals surface area contributed by atoms with E-state index < -0.39 is 9.75 Å². The van der Waals surface area contributed by atoms with Crippen molar-refractivity contribution in [1.29, 1.82) is 0 Å². The predicted molar refractivity (Wildman–Crippen MR) is 70.5 cm³/mol. The molecule has 1 saturated carbocycles. The fourth-order valence-corrected chi connectivity index (χ4v) is 3.12. The summed E-state index contributed by atoms with van der Waals surface area (Å²) < 4.78 is -0.848. The predicted octanol–water partition coefficient (Wildman–Crippen LogP) is 2.12. The van der Waals surface area contributed by atoms with Gasteiger partial charge in [0.15, 0.2) is 0 Å². The van der Waals surface area contributed by atoms with Crippen molar-refractivity contribution in [1.82, 2.24) is 9.80 Å². The SMILES string of the molecule is CC(C)N1CCN(C(=O)C2(C)CC2(Cl)Cl)CC1. The van der Waals surface area contributed by atoms with Crippen LogP contribution in [-0.4, -0.2) is 52.3 Å². The van der Waals surface area contributed by atoms with E-state index in [2.05, 4.69) is 18.7 Å². The Morgan fingerprint density at radius 2 is 1.65 bits per heavy atom. The number of hydrogen-bond acceptors (Lipinski definition) is 2. The molecule has 5 heteroatoms. The normalized spacial score (nSPS) is 32.9. The molecule has 1 saturated heterocycles. The second kappa shape index (κ2) is 4.29. The zero-order chi connectivity index (χ0) is 12.8. The topological polar surface area (TPSA) is 23.6 Å². The summed E-state index contributed by atoms with van der Waals surface area (Å²) >= 11 is 12.1. The van der Waals surface area contributed by atoms with E-state index in [9.17, 15) is 4.79 Å². The summed E-state index contributed by atoms with van der Waals surface area (Å²) in [4.78, 5) is 16.6. The average molecular weight is 279 g/mol. The lowest BCUT2D eigenvalue weighted by molar-refractivity contribution is -0.138. The third-order valence-electron chi connectivity index (χ3n) is 4.06. The molecular formula is C12H20Cl2N2O. The Hall–Kier alpha value is 0.01000. The van der Waals surface area contributed by atoms with Crippen LogP contribution in [0.2, 0.25) is 0 Å². The number of carbonyl (C=O) groups excluding carboxylic acids is 1. The van der Waals surface area contributed by atoms with Crippen molar-refractivity contribution < 1.29 is 4.79 Å². The quantitative estimate of drug-likeness (QED) is 0.723. The molecule has 0 N–H and O–H groups in total. The van der Waals surface area contributed by atoms with Crippen molar-refractivity contribution in [2.75, 3.05) is 26.2 Å². The minimum Gasteiger partial charge on any atom is -0.340 e. The van der Waals surface area contributed by atoms with E-state index in [1.807, 2.05) is 11.8 Å². The van der Waals surface area contributed by atoms with Crippen LogP contribution < -0.4 is 0 Å². The number of hydrogen-bond donors (Lipinski definition) is 0. The molecule has 1 aliphatic carbocycles. The van der Waals surface area contributed by atoms with Crippen molar-refractivity contribution in [3.63, 3.8) is 0 Å². The third-order valence-corrected chi connectivity index (χ3v) is 5.16. The van der Waals surface area contributed by atoms with Crippen molar-refractivity contribution in [2.45, 2.75) is 37.6 Å². The molecule has 0 bridgehead atoms. The second-order valence-electron chi connectivity index (χ2n) is 5.64. The van der Waals surface area contributed by atoms with E-state index in [0.717, 1.165) is 26.2 Å². The van der Waals surface area contributed by atoms with E-state index in [-0.39, 0.29) is 5.91 Å². The fourth-order valence-electron chi connectivity index (χ4n) is 2.42. The number of carbonyl (C=O) groups is 1. The summed E-state index contributed by atoms with van der Waals surface area (Å²) in [6, 6.07) is 0.545. The van der Waals surface area contributed by atoms with Gasteiger partial charge in [-0.25, -0.2) is 0 Å². The Balaban J connectivity index is 1.92. The molecule has 0 aromatic heterocycles. The molecule has 1 amide bonds. The monoisotopic (exact) mass is 278 g/mol. The Bertz CT molecular complexity index is 324. The fraction of sp³-hybridized carbons (Fsp3) is 0.917. The second-order valence-corrected chi connectivity index (χ2v) is 7.12. The van der Waals surface area contributed by atoms with E-state index in [1.165, 1.54) is 0 Å². The summed E-state index contributed by atoms with van der Waals surface area (Å²) in [5.74, 6) is 0.117. The van der Waals surface area contributed by atoms with Gasteiger partial charge in [0.2, 0.25) is 5.91 Å². The molecule has 0 spiro atoms. The van der Waals surface area contributed by atoms with Crippen molar-refractivity contribution in [3.05, 3.63) is 0 Å². The number of piperazine rings is 1. The van der Waals surface area contributed by atoms with Crippen LogP contribution in [0.3, 0.4) is 0 Å². The van der Waals surface area contributed by atoms with Crippen LogP contribution in [0, 0.1) is 5.41 Å². The number of amides is 1. The van der Waals surface area contributed by atoms with Crippen LogP contribution in [0.25, 0.3) is 0 Å². The van der Waals surface area contributed by atoms with Crippen LogP contribution in [-0.2, 0) is 4.79 Å². The molecule has 1 aliphatic heterocycles. The van der Waals surface area contributed by atoms with Crippen LogP contribution in [0.1, 0.15) is 27.2 Å². The molecule has 1 heterocycles. The number of rotatable bonds is 2. The minimum absolute atomic E-state index is 0.117. The summed E-state index contributed by atoms with van der Waals surface area (Å²) in [7, 11) is 0. The van der Waals surface area contributed by atoms with Crippen LogP contribution in [0.4, 0.5) is 0 Å². The van der Waals surface area contributed by atoms with E-state index in [4.69, 9.17) is 23.2 Å². The van der Waals surface area contributed by atoms with Crippen molar-refractivity contribution >= 4 is 29.1 Å². The molecule has 1 unspecified atom stereocenters. The highest BCUT2D eigenvalue weighted by molar-refractivity contribution is 6.53. The highest BCUT2D eigenvalue weighted by Gasteiger charge is 2.68. The smallest absolute Gasteiger partial charge is 0.231 e. The molecule has 2 aliphatic rings. The first-order chi connectivity index (χ1) is 7.78. The van der Waals surface area contributed by atoms with Crippen LogP contribution in [0.5, 0.6) is 0 Å². The largest absolute Gasteiger partial charge is 0.340 e. The summed E-state index contributed by atoms with van der Waals surface area (Å²) in [5.41, 5.74) is -0.559. The van der Waals surface area contributed by atoms with Gasteiger partial charge < -0.3 is 4.90 Å². The van der Waals surface area contributed by atoms with E-state index in [0.29, 0.717) is 12.5 Å². The highest BCUT2D eigenvalue weighted by Crippen LogP contribution is 2.64. The van der Waals surface area contributed by atoms with Crippen molar-refractivity contribution in [2.24, 2.45) is 5.41 Å². The van der Waals surface area contributed by atoms with E-state index in [1.54, 1.807) is 0 Å². The Kier molecular flexibility index (Phi) is 3.39. The van der Waals surface area contributed by atoms with E-state index >= 15 is 0 Å². The van der Waals surface area contributed by atoms with Gasteiger partial charge in [0.25, 0.3) is 0 Å². The number of halogens is 2. The Morgan fingerprint density at radius 3 is 2.00 bits per heavy atom. The lowest BCUT2D eigenvalue weighted by Gasteiger charge is -2.38. The minimum atomic E-state index is -0.848. The standard InChI is InChI=1S/C12H20Cl2N2O/c1-9(2)15-4-6-16(7-5-15)10(17)11(3)8-12(11,13)14/h9H,4-8H2,1-3H3. The first-order valence-electron chi connectivity index (χ1n) is 6.19. The maximum Gasteiger partial charge on any atom is 0.231 e. The molecule has 1 atom stereocenters. The Labute approximate surface area is 113 Å². The molecule has 2 fully saturated rings. The van der Waals surface area contributed by atoms with Gasteiger partial charge in [-0.1, -0.05) is 0 Å². The molecule has 0 radical (unpaired) electrons. The lowest BCUT2D eigenvalue weighted by atomic mass is 10.1. The highest BCUT2D eigenvalue weighted by atomic mass is 35.5. The van der Waals surface area contributed by atoms with Crippen LogP contribution >= 0.6 is 23.2 Å². The van der Waals surface area contributed by atoms with Crippen LogP contribution in [0.15, 0.2) is 0 Å². The number of alkyl halides is 2. The van der Waals surface area contributed by atoms with Gasteiger partial charge in [-0.05, 0) is 27.2 Å². The van der Waals surface area contributed by atoms with Gasteiger partial charge in [-0.3, -0.25) is 9.69 Å². The molecule has 0 aromatic rings. The average Bonchev–Trinajstić information content (AvgIpc) is 2.78. The molecule has 17 heavy (non-hydrogen) atoms. The summed E-state index contributed by atoms with van der Waals surface area (Å²) in [6.07, 6.45) is 0.576. The summed E-state index contributed by atoms with van der Waals surface area (Å²) in [6.45, 7) is 9.69. The number of nitrogens with zero attached hydrogens (tertiary/aromatic N) is 2. The molecule has 98 valence electrons. The van der Waals surface area contributed by atoms with Gasteiger partial charge in [0.1, 0.15) is 4.33 Å². The molecule has 0 aromatic carbocycles. The van der Waals surface area contributed by atoms with Gasteiger partial charge in [0.05, 0.1) is 5.41 Å². The van der Waals surface area contributed by atoms with Gasteiger partial charge in [0, 0.05) is 32.2 Å². The molecular weight excluding hydrogens is 259 g/mol. The first-order valence-corrected chi connectivity index (χ1v) is 6.95. The Morgan fingerprint density at radius 1 is 1.18 bits per heavy atom. The molecule has 3 nitrogen and oxygen atoms in total. The maximum absolute atomic E-state index is 12.3. The molecule has 2 rings (SSSR count). The zero-order valence-electron chi connectivity index (χ0n) is 10.7. The van der Waals surface area contributed by atoms with Gasteiger partial charge in [-0.15, -0.1) is 23.2 Å². The maximum atomic E-state index is 12.3. The third kappa shape index (κ3) is 2.29.